The molecule has 0 saturated carbocycles. The van der Waals surface area contributed by atoms with E-state index in [9.17, 15) is 14.7 Å². The standard InChI is InChI=1S/C28H40O5/c1-18(11-14-24-19(2)9-7-15-28(24,4)5)8-6-10-21-12-13-22(16-25(21)30)23-17-26(31)33-27(23)32-20(3)29/h8,12,17,22,25,27,30H,6-7,9-11,13-16H2,1-5H3/b18-8+/t22-,25+,27+/m1/s1. The number of esters is 2. The van der Waals surface area contributed by atoms with Gasteiger partial charge in [0.15, 0.2) is 0 Å². The van der Waals surface area contributed by atoms with Gasteiger partial charge in [-0.15, -0.1) is 0 Å². The van der Waals surface area contributed by atoms with E-state index in [0.29, 0.717) is 23.8 Å². The van der Waals surface area contributed by atoms with Crippen LogP contribution in [0.15, 0.2) is 46.1 Å². The minimum atomic E-state index is -0.958. The molecule has 0 fully saturated rings. The molecular weight excluding hydrogens is 416 g/mol. The van der Waals surface area contributed by atoms with Crippen LogP contribution in [0.1, 0.15) is 92.4 Å². The highest BCUT2D eigenvalue weighted by Gasteiger charge is 2.36. The zero-order chi connectivity index (χ0) is 24.2. The smallest absolute Gasteiger partial charge is 0.334 e. The maximum absolute atomic E-state index is 11.7. The summed E-state index contributed by atoms with van der Waals surface area (Å²) < 4.78 is 10.2. The van der Waals surface area contributed by atoms with Crippen molar-refractivity contribution in [3.05, 3.63) is 46.1 Å². The van der Waals surface area contributed by atoms with Crippen LogP contribution in [0.5, 0.6) is 0 Å². The number of hydrogen-bond acceptors (Lipinski definition) is 5. The van der Waals surface area contributed by atoms with Gasteiger partial charge in [-0.3, -0.25) is 4.79 Å². The van der Waals surface area contributed by atoms with Crippen LogP contribution in [0, 0.1) is 11.3 Å². The van der Waals surface area contributed by atoms with E-state index in [4.69, 9.17) is 9.47 Å². The Labute approximate surface area is 198 Å². The average molecular weight is 457 g/mol. The summed E-state index contributed by atoms with van der Waals surface area (Å²) in [6.07, 6.45) is 13.3. The van der Waals surface area contributed by atoms with E-state index >= 15 is 0 Å². The molecule has 2 aliphatic carbocycles. The molecule has 0 saturated heterocycles. The molecule has 0 amide bonds. The molecule has 0 radical (unpaired) electrons. The fraction of sp³-hybridized carbons (Fsp3) is 0.643. The van der Waals surface area contributed by atoms with Crippen LogP contribution >= 0.6 is 0 Å². The van der Waals surface area contributed by atoms with Gasteiger partial charge in [0.05, 0.1) is 6.10 Å². The molecule has 0 aromatic heterocycles. The van der Waals surface area contributed by atoms with Crippen molar-refractivity contribution < 1.29 is 24.2 Å². The second-order valence-electron chi connectivity index (χ2n) is 10.6. The van der Waals surface area contributed by atoms with Crippen molar-refractivity contribution in [2.24, 2.45) is 11.3 Å². The molecule has 0 unspecified atom stereocenters. The molecular formula is C28H40O5. The summed E-state index contributed by atoms with van der Waals surface area (Å²) in [6, 6.07) is 0. The molecule has 5 heteroatoms. The Kier molecular flexibility index (Phi) is 8.38. The fourth-order valence-corrected chi connectivity index (χ4v) is 5.59. The molecule has 0 aromatic rings. The number of carbonyl (C=O) groups excluding carboxylic acids is 2. The van der Waals surface area contributed by atoms with E-state index in [1.165, 1.54) is 37.8 Å². The summed E-state index contributed by atoms with van der Waals surface area (Å²) in [5.74, 6) is -1.05. The maximum atomic E-state index is 11.7. The van der Waals surface area contributed by atoms with E-state index in [1.807, 2.05) is 0 Å². The Morgan fingerprint density at radius 3 is 2.73 bits per heavy atom. The Balaban J connectivity index is 1.51. The lowest BCUT2D eigenvalue weighted by atomic mass is 9.71. The third-order valence-corrected chi connectivity index (χ3v) is 7.51. The van der Waals surface area contributed by atoms with Gasteiger partial charge in [0.25, 0.3) is 6.29 Å². The van der Waals surface area contributed by atoms with Gasteiger partial charge >= 0.3 is 11.9 Å². The predicted octanol–water partition coefficient (Wildman–Crippen LogP) is 6.09. The van der Waals surface area contributed by atoms with E-state index in [2.05, 4.69) is 39.8 Å². The minimum Gasteiger partial charge on any atom is -0.421 e. The molecule has 5 nitrogen and oxygen atoms in total. The Hall–Kier alpha value is -2.14. The molecule has 0 aromatic carbocycles. The van der Waals surface area contributed by atoms with Crippen molar-refractivity contribution in [3.63, 3.8) is 0 Å². The number of rotatable bonds is 8. The molecule has 0 bridgehead atoms. The normalized spacial score (nSPS) is 27.8. The Morgan fingerprint density at radius 1 is 1.30 bits per heavy atom. The van der Waals surface area contributed by atoms with Crippen LogP contribution in [0.25, 0.3) is 0 Å². The summed E-state index contributed by atoms with van der Waals surface area (Å²) in [4.78, 5) is 23.0. The topological polar surface area (TPSA) is 72.8 Å². The van der Waals surface area contributed by atoms with Crippen molar-refractivity contribution >= 4 is 11.9 Å². The van der Waals surface area contributed by atoms with Crippen LogP contribution in [0.3, 0.4) is 0 Å². The van der Waals surface area contributed by atoms with Gasteiger partial charge < -0.3 is 14.6 Å². The molecule has 1 heterocycles. The first kappa shape index (κ1) is 25.5. The van der Waals surface area contributed by atoms with E-state index in [0.717, 1.165) is 31.3 Å². The van der Waals surface area contributed by atoms with Crippen molar-refractivity contribution in [2.75, 3.05) is 0 Å². The first-order valence-electron chi connectivity index (χ1n) is 12.4. The van der Waals surface area contributed by atoms with Crippen LogP contribution in [-0.4, -0.2) is 29.4 Å². The third-order valence-electron chi connectivity index (χ3n) is 7.51. The van der Waals surface area contributed by atoms with E-state index in [-0.39, 0.29) is 5.92 Å². The third kappa shape index (κ3) is 6.69. The SMILES string of the molecule is CC(=O)O[C@H]1OC(=O)C=C1[C@@H]1CC=C(CC/C=C(\C)CCC2=C(C)CCCC2(C)C)[C@@H](O)C1. The number of hydrogen-bond donors (Lipinski definition) is 1. The monoisotopic (exact) mass is 456 g/mol. The van der Waals surface area contributed by atoms with Crippen molar-refractivity contribution in [2.45, 2.75) is 105 Å². The molecule has 1 N–H and O–H groups in total. The highest BCUT2D eigenvalue weighted by Crippen LogP contribution is 2.42. The Bertz CT molecular complexity index is 886. The number of ether oxygens (including phenoxy) is 2. The van der Waals surface area contributed by atoms with Crippen LogP contribution < -0.4 is 0 Å². The first-order chi connectivity index (χ1) is 15.6. The zero-order valence-corrected chi connectivity index (χ0v) is 20.9. The number of carbonyl (C=O) groups is 2. The first-order valence-corrected chi connectivity index (χ1v) is 12.4. The second-order valence-corrected chi connectivity index (χ2v) is 10.6. The second kappa shape index (κ2) is 10.9. The van der Waals surface area contributed by atoms with E-state index in [1.54, 1.807) is 11.1 Å². The van der Waals surface area contributed by atoms with Gasteiger partial charge in [-0.05, 0) is 88.5 Å². The van der Waals surface area contributed by atoms with Gasteiger partial charge in [-0.25, -0.2) is 4.79 Å². The highest BCUT2D eigenvalue weighted by molar-refractivity contribution is 5.86. The molecule has 33 heavy (non-hydrogen) atoms. The number of cyclic esters (lactones) is 1. The summed E-state index contributed by atoms with van der Waals surface area (Å²) in [7, 11) is 0. The summed E-state index contributed by atoms with van der Waals surface area (Å²) in [6.45, 7) is 10.6. The number of aliphatic hydroxyl groups excluding tert-OH is 1. The van der Waals surface area contributed by atoms with Gasteiger partial charge in [-0.2, -0.15) is 0 Å². The lowest BCUT2D eigenvalue weighted by Crippen LogP contribution is -2.28. The lowest BCUT2D eigenvalue weighted by Gasteiger charge is -2.35. The van der Waals surface area contributed by atoms with Gasteiger partial charge in [-0.1, -0.05) is 42.7 Å². The molecule has 3 aliphatic rings. The highest BCUT2D eigenvalue weighted by atomic mass is 16.7. The van der Waals surface area contributed by atoms with Crippen LogP contribution in [0.2, 0.25) is 0 Å². The van der Waals surface area contributed by atoms with Crippen molar-refractivity contribution in [1.29, 1.82) is 0 Å². The number of aliphatic hydroxyl groups is 1. The van der Waals surface area contributed by atoms with Gasteiger partial charge in [0, 0.05) is 18.6 Å². The Morgan fingerprint density at radius 2 is 2.06 bits per heavy atom. The largest absolute Gasteiger partial charge is 0.421 e. The predicted molar refractivity (Wildman–Crippen MR) is 129 cm³/mol. The van der Waals surface area contributed by atoms with Crippen LogP contribution in [-0.2, 0) is 19.1 Å². The fourth-order valence-electron chi connectivity index (χ4n) is 5.59. The molecule has 182 valence electrons. The molecule has 3 atom stereocenters. The molecule has 1 aliphatic heterocycles. The molecule has 3 rings (SSSR count). The zero-order valence-electron chi connectivity index (χ0n) is 20.9. The summed E-state index contributed by atoms with van der Waals surface area (Å²) in [5.41, 5.74) is 6.68. The summed E-state index contributed by atoms with van der Waals surface area (Å²) >= 11 is 0. The van der Waals surface area contributed by atoms with E-state index < -0.39 is 24.3 Å². The van der Waals surface area contributed by atoms with Gasteiger partial charge in [0.1, 0.15) is 0 Å². The van der Waals surface area contributed by atoms with Crippen LogP contribution in [0.4, 0.5) is 0 Å². The quantitative estimate of drug-likeness (QED) is 0.353. The van der Waals surface area contributed by atoms with Crippen molar-refractivity contribution in [3.8, 4) is 0 Å². The van der Waals surface area contributed by atoms with Crippen molar-refractivity contribution in [1.82, 2.24) is 0 Å². The minimum absolute atomic E-state index is 0.0628. The average Bonchev–Trinajstić information content (AvgIpc) is 3.07. The number of allylic oxidation sites excluding steroid dienone is 5. The molecule has 0 spiro atoms. The summed E-state index contributed by atoms with van der Waals surface area (Å²) in [5, 5.41) is 10.7. The maximum Gasteiger partial charge on any atom is 0.334 e. The lowest BCUT2D eigenvalue weighted by molar-refractivity contribution is -0.173. The van der Waals surface area contributed by atoms with Gasteiger partial charge in [0.2, 0.25) is 0 Å².